The molecule has 0 saturated heterocycles. The first kappa shape index (κ1) is 29.1. The lowest BCUT2D eigenvalue weighted by molar-refractivity contribution is 0.119. The van der Waals surface area contributed by atoms with Crippen LogP contribution in [0.25, 0.3) is 11.1 Å². The third-order valence-corrected chi connectivity index (χ3v) is 9.28. The summed E-state index contributed by atoms with van der Waals surface area (Å²) in [6.45, 7) is 3.75. The molecule has 0 saturated carbocycles. The highest BCUT2D eigenvalue weighted by atomic mass is 127. The first-order valence-electron chi connectivity index (χ1n) is 15.2. The first-order valence-corrected chi connectivity index (χ1v) is 16.3. The minimum atomic E-state index is -0.284. The molecule has 5 heterocycles. The van der Waals surface area contributed by atoms with Gasteiger partial charge in [0.1, 0.15) is 0 Å². The van der Waals surface area contributed by atoms with Gasteiger partial charge >= 0.3 is 0 Å². The molecule has 8 rings (SSSR count). The van der Waals surface area contributed by atoms with E-state index in [2.05, 4.69) is 22.6 Å². The third kappa shape index (κ3) is 4.96. The summed E-state index contributed by atoms with van der Waals surface area (Å²) in [5.74, 6) is -0.327. The van der Waals surface area contributed by atoms with Crippen LogP contribution in [0.5, 0.6) is 0 Å². The Kier molecular flexibility index (Phi) is 7.10. The maximum atomic E-state index is 11.1. The maximum Gasteiger partial charge on any atom is 0.202 e. The van der Waals surface area contributed by atoms with Gasteiger partial charge in [-0.1, -0.05) is 60.7 Å². The van der Waals surface area contributed by atoms with Gasteiger partial charge in [-0.05, 0) is 96.2 Å². The molecule has 2 aromatic carbocycles. The van der Waals surface area contributed by atoms with Gasteiger partial charge < -0.3 is 14.9 Å². The van der Waals surface area contributed by atoms with Crippen molar-refractivity contribution in [3.63, 3.8) is 0 Å². The van der Waals surface area contributed by atoms with Crippen molar-refractivity contribution in [2.24, 2.45) is 20.0 Å². The summed E-state index contributed by atoms with van der Waals surface area (Å²) in [5.41, 5.74) is 10.4. The standard InChI is InChI=1S/C39H27IN4O3/c1-21(2)47-39-35(37(45)38(39)46)34-28-15-13-24(41-28)32(22-9-5-3-6-10-22)26-17-19-30(43-26)36(40)31-20-18-27(44-31)33(23-11-7-4-8-12-23)25-14-16-29(34)42-25/h3-21,45-46H,1-2H3. The average molecular weight is 727 g/mol. The van der Waals surface area contributed by atoms with E-state index in [0.717, 1.165) is 48.7 Å². The maximum absolute atomic E-state index is 11.1. The van der Waals surface area contributed by atoms with Crippen molar-refractivity contribution in [2.45, 2.75) is 20.0 Å². The Hall–Kier alpha value is -5.35. The van der Waals surface area contributed by atoms with Gasteiger partial charge in [0.15, 0.2) is 11.5 Å². The number of ether oxygens (including phenoxy) is 1. The highest BCUT2D eigenvalue weighted by Crippen LogP contribution is 2.43. The van der Waals surface area contributed by atoms with Crippen LogP contribution in [0.3, 0.4) is 0 Å². The SMILES string of the molecule is CC(C)OC1=C(C2=C3C=CC(=N3)C(c3ccccc3)=C3C=CC(=N3)C(I)=C3C=CC(=N3)C(c3ccccc3)=C3C=CC2=N3)C(O)=C1O. The molecule has 8 bridgehead atoms. The molecule has 5 aliphatic heterocycles. The molecule has 0 atom stereocenters. The predicted octanol–water partition coefficient (Wildman–Crippen LogP) is 8.79. The predicted molar refractivity (Wildman–Crippen MR) is 197 cm³/mol. The molecule has 0 fully saturated rings. The van der Waals surface area contributed by atoms with E-state index in [-0.39, 0.29) is 23.4 Å². The summed E-state index contributed by atoms with van der Waals surface area (Å²) >= 11 is 2.32. The highest BCUT2D eigenvalue weighted by molar-refractivity contribution is 14.1. The molecule has 7 nitrogen and oxygen atoms in total. The number of aliphatic hydroxyl groups is 2. The zero-order chi connectivity index (χ0) is 32.2. The molecular formula is C39H27IN4O3. The minimum absolute atomic E-state index is 0.213. The van der Waals surface area contributed by atoms with E-state index in [1.807, 2.05) is 123 Å². The summed E-state index contributed by atoms with van der Waals surface area (Å²) in [7, 11) is 0. The monoisotopic (exact) mass is 726 g/mol. The van der Waals surface area contributed by atoms with Gasteiger partial charge in [-0.25, -0.2) is 20.0 Å². The molecule has 0 aromatic heterocycles. The smallest absolute Gasteiger partial charge is 0.202 e. The van der Waals surface area contributed by atoms with Crippen molar-refractivity contribution < 1.29 is 14.9 Å². The van der Waals surface area contributed by atoms with E-state index in [9.17, 15) is 10.2 Å². The Morgan fingerprint density at radius 3 is 1.47 bits per heavy atom. The van der Waals surface area contributed by atoms with Gasteiger partial charge in [-0.2, -0.15) is 0 Å². The van der Waals surface area contributed by atoms with Crippen molar-refractivity contribution in [3.05, 3.63) is 175 Å². The Labute approximate surface area is 285 Å². The molecule has 47 heavy (non-hydrogen) atoms. The van der Waals surface area contributed by atoms with Crippen LogP contribution in [-0.2, 0) is 4.74 Å². The summed E-state index contributed by atoms with van der Waals surface area (Å²) in [6, 6.07) is 20.1. The van der Waals surface area contributed by atoms with Crippen LogP contribution in [-0.4, -0.2) is 39.2 Å². The zero-order valence-corrected chi connectivity index (χ0v) is 27.6. The number of benzene rings is 2. The number of allylic oxidation sites excluding steroid dienone is 12. The second-order valence-electron chi connectivity index (χ2n) is 11.6. The third-order valence-electron chi connectivity index (χ3n) is 8.18. The molecule has 0 radical (unpaired) electrons. The molecule has 8 heteroatoms. The molecule has 2 N–H and O–H groups in total. The summed E-state index contributed by atoms with van der Waals surface area (Å²) in [4.78, 5) is 20.5. The zero-order valence-electron chi connectivity index (χ0n) is 25.4. The number of fused-ring (bicyclic) bond motifs is 4. The minimum Gasteiger partial charge on any atom is -0.504 e. The number of halogens is 1. The summed E-state index contributed by atoms with van der Waals surface area (Å²) in [5, 5.41) is 21.8. The van der Waals surface area contributed by atoms with E-state index >= 15 is 0 Å². The molecule has 228 valence electrons. The Morgan fingerprint density at radius 1 is 0.511 bits per heavy atom. The number of nitrogens with zero attached hydrogens (tertiary/aromatic N) is 4. The largest absolute Gasteiger partial charge is 0.504 e. The van der Waals surface area contributed by atoms with Crippen LogP contribution in [0.15, 0.2) is 184 Å². The van der Waals surface area contributed by atoms with Crippen molar-refractivity contribution >= 4 is 56.6 Å². The number of rotatable bonds is 5. The van der Waals surface area contributed by atoms with Crippen LogP contribution < -0.4 is 0 Å². The Balaban J connectivity index is 1.44. The molecule has 0 spiro atoms. The van der Waals surface area contributed by atoms with Crippen LogP contribution in [0.2, 0.25) is 0 Å². The van der Waals surface area contributed by atoms with Crippen LogP contribution in [0.4, 0.5) is 0 Å². The molecular weight excluding hydrogens is 699 g/mol. The van der Waals surface area contributed by atoms with E-state index in [1.165, 1.54) is 0 Å². The fourth-order valence-electron chi connectivity index (χ4n) is 6.08. The Morgan fingerprint density at radius 2 is 0.936 bits per heavy atom. The number of hydrogen-bond acceptors (Lipinski definition) is 7. The van der Waals surface area contributed by atoms with Crippen molar-refractivity contribution in [1.82, 2.24) is 0 Å². The van der Waals surface area contributed by atoms with Crippen LogP contribution >= 0.6 is 22.6 Å². The summed E-state index contributed by atoms with van der Waals surface area (Å²) < 4.78 is 6.94. The second kappa shape index (κ2) is 11.5. The van der Waals surface area contributed by atoms with Crippen molar-refractivity contribution in [2.75, 3.05) is 0 Å². The van der Waals surface area contributed by atoms with E-state index in [0.29, 0.717) is 34.0 Å². The Bertz CT molecular complexity index is 2190. The average Bonchev–Trinajstić information content (AvgIpc) is 3.92. The first-order chi connectivity index (χ1) is 22.9. The van der Waals surface area contributed by atoms with Gasteiger partial charge in [-0.3, -0.25) is 0 Å². The lowest BCUT2D eigenvalue weighted by Gasteiger charge is -2.27. The van der Waals surface area contributed by atoms with Gasteiger partial charge in [0.2, 0.25) is 5.76 Å². The van der Waals surface area contributed by atoms with Gasteiger partial charge in [0.05, 0.1) is 60.9 Å². The molecule has 6 aliphatic rings. The highest BCUT2D eigenvalue weighted by Gasteiger charge is 2.38. The quantitative estimate of drug-likeness (QED) is 0.302. The second-order valence-corrected chi connectivity index (χ2v) is 12.7. The number of aliphatic hydroxyl groups excluding tert-OH is 2. The van der Waals surface area contributed by atoms with Gasteiger partial charge in [0, 0.05) is 16.7 Å². The number of aliphatic imine (C=N–C) groups is 4. The van der Waals surface area contributed by atoms with Gasteiger partial charge in [0.25, 0.3) is 0 Å². The van der Waals surface area contributed by atoms with E-state index < -0.39 is 0 Å². The molecule has 0 unspecified atom stereocenters. The topological polar surface area (TPSA) is 99.1 Å². The number of hydrogen-bond donors (Lipinski definition) is 2. The lowest BCUT2D eigenvalue weighted by atomic mass is 9.88. The lowest BCUT2D eigenvalue weighted by Crippen LogP contribution is -2.22. The summed E-state index contributed by atoms with van der Waals surface area (Å²) in [6.07, 6.45) is 15.6. The van der Waals surface area contributed by atoms with E-state index in [1.54, 1.807) is 0 Å². The molecule has 0 amide bonds. The fourth-order valence-corrected chi connectivity index (χ4v) is 6.68. The molecule has 2 aromatic rings. The van der Waals surface area contributed by atoms with Crippen LogP contribution in [0, 0.1) is 0 Å². The fraction of sp³-hybridized carbons (Fsp3) is 0.0769. The normalized spacial score (nSPS) is 19.8. The molecule has 1 aliphatic carbocycles. The van der Waals surface area contributed by atoms with E-state index in [4.69, 9.17) is 24.7 Å². The van der Waals surface area contributed by atoms with Crippen LogP contribution in [0.1, 0.15) is 25.0 Å². The van der Waals surface area contributed by atoms with Crippen molar-refractivity contribution in [3.8, 4) is 0 Å². The van der Waals surface area contributed by atoms with Crippen molar-refractivity contribution in [1.29, 1.82) is 0 Å². The van der Waals surface area contributed by atoms with Gasteiger partial charge in [-0.15, -0.1) is 0 Å².